The van der Waals surface area contributed by atoms with Crippen LogP contribution >= 0.6 is 0 Å². The van der Waals surface area contributed by atoms with Gasteiger partial charge in [0, 0.05) is 52.9 Å². The van der Waals surface area contributed by atoms with Gasteiger partial charge in [0.05, 0.1) is 0 Å². The number of nitrogens with one attached hydrogen (secondary N) is 3. The smallest absolute Gasteiger partial charge is 0.317 e. The van der Waals surface area contributed by atoms with Gasteiger partial charge in [-0.15, -0.1) is 0 Å². The van der Waals surface area contributed by atoms with Gasteiger partial charge in [-0.05, 0) is 0 Å². The highest BCUT2D eigenvalue weighted by Crippen LogP contribution is 2.05. The summed E-state index contributed by atoms with van der Waals surface area (Å²) in [6, 6.07) is -0.129. The Labute approximate surface area is 107 Å². The summed E-state index contributed by atoms with van der Waals surface area (Å²) in [7, 11) is 1.66. The molecule has 2 saturated heterocycles. The number of carbonyl (C=O) groups excluding carboxylic acids is 2. The van der Waals surface area contributed by atoms with Gasteiger partial charge in [-0.25, -0.2) is 4.79 Å². The third-order valence-electron chi connectivity index (χ3n) is 3.51. The maximum absolute atomic E-state index is 11.8. The van der Waals surface area contributed by atoms with Crippen LogP contribution in [0, 0.1) is 0 Å². The number of likely N-dealkylation sites (N-methyl/N-ethyl adjacent to an activating group) is 1. The van der Waals surface area contributed by atoms with E-state index in [9.17, 15) is 9.59 Å². The molecule has 2 heterocycles. The summed E-state index contributed by atoms with van der Waals surface area (Å²) in [4.78, 5) is 27.1. The van der Waals surface area contributed by atoms with Crippen LogP contribution in [0.25, 0.3) is 0 Å². The van der Waals surface area contributed by atoms with E-state index in [0.717, 1.165) is 32.7 Å². The number of hydrogen-bond donors (Lipinski definition) is 3. The highest BCUT2D eigenvalue weighted by atomic mass is 16.2. The Kier molecular flexibility index (Phi) is 4.38. The van der Waals surface area contributed by atoms with Crippen molar-refractivity contribution in [3.8, 4) is 0 Å². The van der Waals surface area contributed by atoms with Gasteiger partial charge >= 0.3 is 6.03 Å². The molecule has 0 aromatic carbocycles. The van der Waals surface area contributed by atoms with E-state index in [0.29, 0.717) is 13.1 Å². The van der Waals surface area contributed by atoms with Crippen molar-refractivity contribution in [3.63, 3.8) is 0 Å². The van der Waals surface area contributed by atoms with Crippen LogP contribution in [0.5, 0.6) is 0 Å². The summed E-state index contributed by atoms with van der Waals surface area (Å²) in [6.07, 6.45) is 0. The molecule has 0 aromatic heterocycles. The Balaban J connectivity index is 1.85. The van der Waals surface area contributed by atoms with Gasteiger partial charge in [-0.3, -0.25) is 9.69 Å². The average molecular weight is 255 g/mol. The van der Waals surface area contributed by atoms with Crippen molar-refractivity contribution in [2.24, 2.45) is 0 Å². The molecule has 0 saturated carbocycles. The fourth-order valence-corrected chi connectivity index (χ4v) is 2.41. The first-order valence-electron chi connectivity index (χ1n) is 6.41. The van der Waals surface area contributed by atoms with Gasteiger partial charge in [-0.2, -0.15) is 0 Å². The fourth-order valence-electron chi connectivity index (χ4n) is 2.41. The zero-order valence-corrected chi connectivity index (χ0v) is 10.7. The second-order valence-corrected chi connectivity index (χ2v) is 4.59. The zero-order chi connectivity index (χ0) is 13.0. The van der Waals surface area contributed by atoms with E-state index in [1.165, 1.54) is 0 Å². The Bertz CT molecular complexity index is 323. The maximum Gasteiger partial charge on any atom is 0.317 e. The molecule has 0 aliphatic carbocycles. The minimum Gasteiger partial charge on any atom is -0.358 e. The number of carbonyl (C=O) groups is 2. The molecule has 18 heavy (non-hydrogen) atoms. The minimum absolute atomic E-state index is 0.00151. The second kappa shape index (κ2) is 6.01. The van der Waals surface area contributed by atoms with Gasteiger partial charge in [0.15, 0.2) is 0 Å². The Hall–Kier alpha value is -1.34. The molecule has 102 valence electrons. The number of piperazine rings is 1. The van der Waals surface area contributed by atoms with E-state index in [2.05, 4.69) is 20.9 Å². The monoisotopic (exact) mass is 255 g/mol. The summed E-state index contributed by atoms with van der Waals surface area (Å²) in [5, 5.41) is 8.69. The number of amides is 3. The Morgan fingerprint density at radius 2 is 2.22 bits per heavy atom. The van der Waals surface area contributed by atoms with Crippen molar-refractivity contribution in [3.05, 3.63) is 0 Å². The minimum atomic E-state index is -0.130. The molecule has 3 amide bonds. The molecule has 3 N–H and O–H groups in total. The third kappa shape index (κ3) is 2.91. The van der Waals surface area contributed by atoms with E-state index < -0.39 is 0 Å². The highest BCUT2D eigenvalue weighted by Gasteiger charge is 2.29. The van der Waals surface area contributed by atoms with Crippen LogP contribution in [0.15, 0.2) is 0 Å². The first kappa shape index (κ1) is 13.1. The molecule has 7 heteroatoms. The summed E-state index contributed by atoms with van der Waals surface area (Å²) < 4.78 is 0. The summed E-state index contributed by atoms with van der Waals surface area (Å²) in [5.41, 5.74) is 0. The second-order valence-electron chi connectivity index (χ2n) is 4.59. The topological polar surface area (TPSA) is 76.7 Å². The summed E-state index contributed by atoms with van der Waals surface area (Å²) in [6.45, 7) is 5.31. The first-order chi connectivity index (χ1) is 8.72. The van der Waals surface area contributed by atoms with Gasteiger partial charge in [0.2, 0.25) is 5.91 Å². The van der Waals surface area contributed by atoms with Crippen LogP contribution in [0.3, 0.4) is 0 Å². The number of rotatable bonds is 4. The molecule has 0 bridgehead atoms. The quantitative estimate of drug-likeness (QED) is 0.545. The predicted molar refractivity (Wildman–Crippen MR) is 67.3 cm³/mol. The SMILES string of the molecule is CNC(=O)C1CNCCN1CCN1CCNC1=O. The normalized spacial score (nSPS) is 25.1. The molecule has 1 unspecified atom stereocenters. The molecule has 7 nitrogen and oxygen atoms in total. The number of urea groups is 1. The largest absolute Gasteiger partial charge is 0.358 e. The van der Waals surface area contributed by atoms with Crippen molar-refractivity contribution in [1.82, 2.24) is 25.8 Å². The van der Waals surface area contributed by atoms with Gasteiger partial charge < -0.3 is 20.9 Å². The van der Waals surface area contributed by atoms with Crippen LogP contribution < -0.4 is 16.0 Å². The van der Waals surface area contributed by atoms with Crippen molar-refractivity contribution >= 4 is 11.9 Å². The lowest BCUT2D eigenvalue weighted by molar-refractivity contribution is -0.126. The van der Waals surface area contributed by atoms with Crippen molar-refractivity contribution < 1.29 is 9.59 Å². The molecule has 2 aliphatic heterocycles. The highest BCUT2D eigenvalue weighted by molar-refractivity contribution is 5.81. The van der Waals surface area contributed by atoms with Crippen molar-refractivity contribution in [2.75, 3.05) is 52.9 Å². The molecule has 0 aromatic rings. The third-order valence-corrected chi connectivity index (χ3v) is 3.51. The standard InChI is InChI=1S/C11H21N5O2/c1-12-10(17)9-8-13-2-4-15(9)6-7-16-5-3-14-11(16)18/h9,13H,2-8H2,1H3,(H,12,17)(H,14,18). The van der Waals surface area contributed by atoms with E-state index in [1.807, 2.05) is 0 Å². The van der Waals surface area contributed by atoms with Gasteiger partial charge in [-0.1, -0.05) is 0 Å². The van der Waals surface area contributed by atoms with Crippen LogP contribution in [0.2, 0.25) is 0 Å². The molecule has 2 fully saturated rings. The van der Waals surface area contributed by atoms with E-state index in [-0.39, 0.29) is 18.0 Å². The lowest BCUT2D eigenvalue weighted by Gasteiger charge is -2.35. The predicted octanol–water partition coefficient (Wildman–Crippen LogP) is -1.97. The van der Waals surface area contributed by atoms with Gasteiger partial charge in [0.1, 0.15) is 6.04 Å². The maximum atomic E-state index is 11.8. The molecule has 0 radical (unpaired) electrons. The molecular formula is C11H21N5O2. The van der Waals surface area contributed by atoms with E-state index in [4.69, 9.17) is 0 Å². The van der Waals surface area contributed by atoms with Gasteiger partial charge in [0.25, 0.3) is 0 Å². The molecule has 1 atom stereocenters. The molecule has 0 spiro atoms. The lowest BCUT2D eigenvalue weighted by atomic mass is 10.1. The summed E-state index contributed by atoms with van der Waals surface area (Å²) in [5.74, 6) is 0.0353. The van der Waals surface area contributed by atoms with E-state index >= 15 is 0 Å². The lowest BCUT2D eigenvalue weighted by Crippen LogP contribution is -2.58. The van der Waals surface area contributed by atoms with E-state index in [1.54, 1.807) is 11.9 Å². The number of nitrogens with zero attached hydrogens (tertiary/aromatic N) is 2. The van der Waals surface area contributed by atoms with Crippen LogP contribution in [-0.4, -0.2) is 80.6 Å². The Morgan fingerprint density at radius 1 is 1.39 bits per heavy atom. The first-order valence-corrected chi connectivity index (χ1v) is 6.41. The average Bonchev–Trinajstić information content (AvgIpc) is 2.81. The van der Waals surface area contributed by atoms with Crippen LogP contribution in [-0.2, 0) is 4.79 Å². The van der Waals surface area contributed by atoms with Crippen LogP contribution in [0.4, 0.5) is 4.79 Å². The Morgan fingerprint density at radius 3 is 2.89 bits per heavy atom. The zero-order valence-electron chi connectivity index (χ0n) is 10.7. The molecule has 2 aliphatic rings. The summed E-state index contributed by atoms with van der Waals surface area (Å²) >= 11 is 0. The molecule has 2 rings (SSSR count). The molecular weight excluding hydrogens is 234 g/mol. The fraction of sp³-hybridized carbons (Fsp3) is 0.818. The number of hydrogen-bond acceptors (Lipinski definition) is 4. The van der Waals surface area contributed by atoms with Crippen molar-refractivity contribution in [1.29, 1.82) is 0 Å². The van der Waals surface area contributed by atoms with Crippen LogP contribution in [0.1, 0.15) is 0 Å². The van der Waals surface area contributed by atoms with Crippen molar-refractivity contribution in [2.45, 2.75) is 6.04 Å².